The van der Waals surface area contributed by atoms with E-state index in [1.54, 1.807) is 0 Å². The van der Waals surface area contributed by atoms with Gasteiger partial charge in [0.05, 0.1) is 6.61 Å². The topological polar surface area (TPSA) is 38.3 Å². The second kappa shape index (κ2) is 7.28. The Bertz CT molecular complexity index is 290. The smallest absolute Gasteiger partial charge is 0.326 e. The summed E-state index contributed by atoms with van der Waals surface area (Å²) in [5.41, 5.74) is -0.460. The highest BCUT2D eigenvalue weighted by Crippen LogP contribution is 2.41. The maximum atomic E-state index is 12.6. The normalized spacial score (nSPS) is 31.5. The molecule has 1 N–H and O–H groups in total. The van der Waals surface area contributed by atoms with Gasteiger partial charge in [-0.15, -0.1) is 0 Å². The molecule has 1 fully saturated rings. The highest BCUT2D eigenvalue weighted by molar-refractivity contribution is 5.81. The zero-order valence-corrected chi connectivity index (χ0v) is 13.3. The fourth-order valence-electron chi connectivity index (χ4n) is 3.53. The van der Waals surface area contributed by atoms with Crippen LogP contribution in [0.5, 0.6) is 0 Å². The lowest BCUT2D eigenvalue weighted by atomic mass is 9.64. The molecule has 0 aromatic heterocycles. The molecule has 112 valence electrons. The molecule has 1 aliphatic rings. The summed E-state index contributed by atoms with van der Waals surface area (Å²) < 4.78 is 5.41. The minimum absolute atomic E-state index is 0.0336. The number of nitrogens with one attached hydrogen (secondary N) is 1. The van der Waals surface area contributed by atoms with Crippen LogP contribution < -0.4 is 5.32 Å². The van der Waals surface area contributed by atoms with E-state index in [2.05, 4.69) is 33.0 Å². The minimum atomic E-state index is -0.460. The first kappa shape index (κ1) is 16.5. The summed E-state index contributed by atoms with van der Waals surface area (Å²) in [6.45, 7) is 12.1. The van der Waals surface area contributed by atoms with Crippen LogP contribution in [0.2, 0.25) is 0 Å². The van der Waals surface area contributed by atoms with Crippen molar-refractivity contribution in [2.24, 2.45) is 17.8 Å². The zero-order valence-electron chi connectivity index (χ0n) is 13.3. The standard InChI is InChI=1S/C16H31NO2/c1-6-10-17-16(15(18)19-7-2)11-13(5)8-9-14(16)12(3)4/h12-14,17H,6-11H2,1-5H3. The summed E-state index contributed by atoms with van der Waals surface area (Å²) >= 11 is 0. The molecule has 0 aromatic carbocycles. The maximum Gasteiger partial charge on any atom is 0.326 e. The Balaban J connectivity index is 3.02. The second-order valence-corrected chi connectivity index (χ2v) is 6.36. The lowest BCUT2D eigenvalue weighted by Crippen LogP contribution is -2.62. The molecule has 1 rings (SSSR count). The Morgan fingerprint density at radius 3 is 2.58 bits per heavy atom. The molecule has 3 nitrogen and oxygen atoms in total. The molecule has 0 spiro atoms. The summed E-state index contributed by atoms with van der Waals surface area (Å²) in [5, 5.41) is 3.56. The summed E-state index contributed by atoms with van der Waals surface area (Å²) in [7, 11) is 0. The van der Waals surface area contributed by atoms with Crippen molar-refractivity contribution < 1.29 is 9.53 Å². The van der Waals surface area contributed by atoms with Crippen molar-refractivity contribution in [3.05, 3.63) is 0 Å². The lowest BCUT2D eigenvalue weighted by Gasteiger charge is -2.46. The molecule has 0 amide bonds. The van der Waals surface area contributed by atoms with E-state index in [1.165, 1.54) is 6.42 Å². The molecular weight excluding hydrogens is 238 g/mol. The monoisotopic (exact) mass is 269 g/mol. The number of rotatable bonds is 6. The van der Waals surface area contributed by atoms with Crippen LogP contribution in [0.25, 0.3) is 0 Å². The van der Waals surface area contributed by atoms with Gasteiger partial charge < -0.3 is 10.1 Å². The molecule has 0 bridgehead atoms. The van der Waals surface area contributed by atoms with Crippen LogP contribution in [-0.4, -0.2) is 24.7 Å². The fraction of sp³-hybridized carbons (Fsp3) is 0.938. The van der Waals surface area contributed by atoms with Crippen molar-refractivity contribution in [2.45, 2.75) is 65.8 Å². The van der Waals surface area contributed by atoms with Crippen molar-refractivity contribution in [2.75, 3.05) is 13.2 Å². The van der Waals surface area contributed by atoms with E-state index in [9.17, 15) is 4.79 Å². The van der Waals surface area contributed by atoms with E-state index in [4.69, 9.17) is 4.74 Å². The number of ether oxygens (including phenoxy) is 1. The molecule has 0 radical (unpaired) electrons. The quantitative estimate of drug-likeness (QED) is 0.751. The van der Waals surface area contributed by atoms with Gasteiger partial charge in [-0.25, -0.2) is 0 Å². The third kappa shape index (κ3) is 3.71. The van der Waals surface area contributed by atoms with Crippen LogP contribution in [0.3, 0.4) is 0 Å². The average Bonchev–Trinajstić information content (AvgIpc) is 2.36. The van der Waals surface area contributed by atoms with Gasteiger partial charge in [0.15, 0.2) is 0 Å². The Labute approximate surface area is 118 Å². The van der Waals surface area contributed by atoms with E-state index >= 15 is 0 Å². The number of hydrogen-bond acceptors (Lipinski definition) is 3. The van der Waals surface area contributed by atoms with Crippen LogP contribution >= 0.6 is 0 Å². The van der Waals surface area contributed by atoms with Crippen molar-refractivity contribution in [3.8, 4) is 0 Å². The molecular formula is C16H31NO2. The predicted molar refractivity (Wildman–Crippen MR) is 79.0 cm³/mol. The van der Waals surface area contributed by atoms with Gasteiger partial charge in [0.25, 0.3) is 0 Å². The first-order valence-corrected chi connectivity index (χ1v) is 7.90. The number of carbonyl (C=O) groups is 1. The Morgan fingerprint density at radius 2 is 2.05 bits per heavy atom. The van der Waals surface area contributed by atoms with E-state index in [-0.39, 0.29) is 5.97 Å². The first-order valence-electron chi connectivity index (χ1n) is 7.90. The van der Waals surface area contributed by atoms with E-state index < -0.39 is 5.54 Å². The molecule has 3 unspecified atom stereocenters. The van der Waals surface area contributed by atoms with E-state index in [0.29, 0.717) is 24.4 Å². The van der Waals surface area contributed by atoms with Crippen molar-refractivity contribution in [1.29, 1.82) is 0 Å². The van der Waals surface area contributed by atoms with Crippen LogP contribution in [-0.2, 0) is 9.53 Å². The fourth-order valence-corrected chi connectivity index (χ4v) is 3.53. The molecule has 0 aliphatic heterocycles. The highest BCUT2D eigenvalue weighted by Gasteiger charge is 2.50. The Kier molecular flexibility index (Phi) is 6.31. The van der Waals surface area contributed by atoms with Crippen LogP contribution in [0, 0.1) is 17.8 Å². The summed E-state index contributed by atoms with van der Waals surface area (Å²) in [6.07, 6.45) is 4.29. The molecule has 3 heteroatoms. The van der Waals surface area contributed by atoms with Gasteiger partial charge in [0.2, 0.25) is 0 Å². The third-order valence-corrected chi connectivity index (χ3v) is 4.41. The number of esters is 1. The van der Waals surface area contributed by atoms with Gasteiger partial charge in [-0.3, -0.25) is 4.79 Å². The van der Waals surface area contributed by atoms with Gasteiger partial charge in [-0.2, -0.15) is 0 Å². The number of carbonyl (C=O) groups excluding carboxylic acids is 1. The predicted octanol–water partition coefficient (Wildman–Crippen LogP) is 3.38. The molecule has 0 aromatic rings. The van der Waals surface area contributed by atoms with Crippen molar-refractivity contribution in [1.82, 2.24) is 5.32 Å². The summed E-state index contributed by atoms with van der Waals surface area (Å²) in [5.74, 6) is 1.44. The maximum absolute atomic E-state index is 12.6. The third-order valence-electron chi connectivity index (χ3n) is 4.41. The molecule has 3 atom stereocenters. The Morgan fingerprint density at radius 1 is 1.37 bits per heavy atom. The van der Waals surface area contributed by atoms with E-state index in [0.717, 1.165) is 25.8 Å². The first-order chi connectivity index (χ1) is 8.97. The number of hydrogen-bond donors (Lipinski definition) is 1. The van der Waals surface area contributed by atoms with Crippen molar-refractivity contribution in [3.63, 3.8) is 0 Å². The molecule has 19 heavy (non-hydrogen) atoms. The minimum Gasteiger partial charge on any atom is -0.465 e. The van der Waals surface area contributed by atoms with Gasteiger partial charge in [-0.05, 0) is 50.5 Å². The average molecular weight is 269 g/mol. The summed E-state index contributed by atoms with van der Waals surface area (Å²) in [6, 6.07) is 0. The molecule has 1 saturated carbocycles. The highest BCUT2D eigenvalue weighted by atomic mass is 16.5. The van der Waals surface area contributed by atoms with Crippen LogP contribution in [0.4, 0.5) is 0 Å². The van der Waals surface area contributed by atoms with Crippen LogP contribution in [0.1, 0.15) is 60.3 Å². The zero-order chi connectivity index (χ0) is 14.5. The van der Waals surface area contributed by atoms with Gasteiger partial charge in [0.1, 0.15) is 5.54 Å². The Hall–Kier alpha value is -0.570. The molecule has 1 aliphatic carbocycles. The van der Waals surface area contributed by atoms with Gasteiger partial charge >= 0.3 is 5.97 Å². The largest absolute Gasteiger partial charge is 0.465 e. The van der Waals surface area contributed by atoms with E-state index in [1.807, 2.05) is 6.92 Å². The lowest BCUT2D eigenvalue weighted by molar-refractivity contribution is -0.158. The van der Waals surface area contributed by atoms with Gasteiger partial charge in [-0.1, -0.05) is 34.1 Å². The van der Waals surface area contributed by atoms with Crippen molar-refractivity contribution >= 4 is 5.97 Å². The summed E-state index contributed by atoms with van der Waals surface area (Å²) in [4.78, 5) is 12.6. The second-order valence-electron chi connectivity index (χ2n) is 6.36. The SMILES string of the molecule is CCCNC1(C(=O)OCC)CC(C)CCC1C(C)C. The molecule has 0 heterocycles. The van der Waals surface area contributed by atoms with Gasteiger partial charge in [0, 0.05) is 0 Å². The molecule has 0 saturated heterocycles. The van der Waals surface area contributed by atoms with Crippen LogP contribution in [0.15, 0.2) is 0 Å².